The van der Waals surface area contributed by atoms with Gasteiger partial charge in [-0.05, 0) is 79.1 Å². The third-order valence-electron chi connectivity index (χ3n) is 7.50. The first-order chi connectivity index (χ1) is 19.7. The summed E-state index contributed by atoms with van der Waals surface area (Å²) >= 11 is 0. The zero-order valence-electron chi connectivity index (χ0n) is 23.1. The third-order valence-corrected chi connectivity index (χ3v) is 7.50. The summed E-state index contributed by atoms with van der Waals surface area (Å²) in [6.45, 7) is 2.06. The molecule has 0 spiro atoms. The number of benzene rings is 3. The highest BCUT2D eigenvalue weighted by molar-refractivity contribution is 5.78. The van der Waals surface area contributed by atoms with E-state index in [1.54, 1.807) is 11.0 Å². The van der Waals surface area contributed by atoms with Crippen molar-refractivity contribution in [2.24, 2.45) is 0 Å². The maximum Gasteiger partial charge on any atom is 0.417 e. The van der Waals surface area contributed by atoms with Crippen LogP contribution in [0.1, 0.15) is 59.9 Å². The van der Waals surface area contributed by atoms with Gasteiger partial charge in [0, 0.05) is 12.1 Å². The van der Waals surface area contributed by atoms with Crippen LogP contribution >= 0.6 is 0 Å². The minimum Gasteiger partial charge on any atom is -0.493 e. The second-order valence-electron chi connectivity index (χ2n) is 10.3. The minimum atomic E-state index is -4.64. The molecule has 4 nitrogen and oxygen atoms in total. The molecule has 218 valence electrons. The Hall–Kier alpha value is -3.65. The molecule has 4 rings (SSSR count). The molecule has 1 aliphatic heterocycles. The molecule has 0 bridgehead atoms. The molecule has 0 aliphatic carbocycles. The van der Waals surface area contributed by atoms with Gasteiger partial charge in [-0.2, -0.15) is 13.2 Å². The Kier molecular flexibility index (Phi) is 10.2. The van der Waals surface area contributed by atoms with E-state index in [9.17, 15) is 27.5 Å². The SMILES string of the molecule is Cc1c(C=Cc2cc(OCCCCF)c(CN3CCCCC3C(=O)O)cc2C(F)(F)F)cccc1-c1ccccc1. The highest BCUT2D eigenvalue weighted by Gasteiger charge is 2.35. The summed E-state index contributed by atoms with van der Waals surface area (Å²) in [4.78, 5) is 13.5. The highest BCUT2D eigenvalue weighted by atomic mass is 19.4. The molecule has 0 radical (unpaired) electrons. The van der Waals surface area contributed by atoms with Gasteiger partial charge in [-0.15, -0.1) is 0 Å². The van der Waals surface area contributed by atoms with Crippen LogP contribution in [0.2, 0.25) is 0 Å². The number of ether oxygens (including phenoxy) is 1. The molecule has 1 fully saturated rings. The summed E-state index contributed by atoms with van der Waals surface area (Å²) < 4.78 is 61.6. The van der Waals surface area contributed by atoms with Gasteiger partial charge in [0.1, 0.15) is 11.8 Å². The van der Waals surface area contributed by atoms with Crippen LogP contribution in [0, 0.1) is 6.92 Å². The van der Waals surface area contributed by atoms with E-state index in [4.69, 9.17) is 4.74 Å². The summed E-state index contributed by atoms with van der Waals surface area (Å²) in [6, 6.07) is 17.2. The number of aliphatic carboxylic acids is 1. The minimum absolute atomic E-state index is 0.0146. The number of likely N-dealkylation sites (tertiary alicyclic amines) is 1. The Balaban J connectivity index is 1.73. The van der Waals surface area contributed by atoms with Gasteiger partial charge in [-0.3, -0.25) is 14.1 Å². The lowest BCUT2D eigenvalue weighted by molar-refractivity contribution is -0.145. The molecule has 41 heavy (non-hydrogen) atoms. The van der Waals surface area contributed by atoms with Crippen LogP contribution < -0.4 is 4.74 Å². The largest absolute Gasteiger partial charge is 0.493 e. The summed E-state index contributed by atoms with van der Waals surface area (Å²) in [5, 5.41) is 9.68. The summed E-state index contributed by atoms with van der Waals surface area (Å²) in [7, 11) is 0. The molecule has 0 aromatic heterocycles. The van der Waals surface area contributed by atoms with Crippen LogP contribution in [0.5, 0.6) is 5.75 Å². The van der Waals surface area contributed by atoms with Crippen molar-refractivity contribution in [3.8, 4) is 16.9 Å². The first-order valence-electron chi connectivity index (χ1n) is 13.9. The molecule has 0 amide bonds. The number of carboxylic acid groups (broad SMARTS) is 1. The molecular weight excluding hydrogens is 534 g/mol. The maximum atomic E-state index is 14.4. The van der Waals surface area contributed by atoms with Crippen LogP contribution in [-0.4, -0.2) is 41.8 Å². The number of alkyl halides is 4. The predicted octanol–water partition coefficient (Wildman–Crippen LogP) is 8.42. The van der Waals surface area contributed by atoms with Crippen molar-refractivity contribution >= 4 is 18.1 Å². The molecule has 3 aromatic carbocycles. The molecule has 8 heteroatoms. The number of unbranched alkanes of at least 4 members (excludes halogenated alkanes) is 1. The molecule has 1 aliphatic rings. The summed E-state index contributed by atoms with van der Waals surface area (Å²) in [6.07, 6.45) is 1.13. The number of nitrogens with zero attached hydrogens (tertiary/aromatic N) is 1. The Morgan fingerprint density at radius 1 is 1.02 bits per heavy atom. The lowest BCUT2D eigenvalue weighted by atomic mass is 9.95. The Morgan fingerprint density at radius 3 is 2.49 bits per heavy atom. The Morgan fingerprint density at radius 2 is 1.78 bits per heavy atom. The normalized spacial score (nSPS) is 16.3. The average molecular weight is 570 g/mol. The van der Waals surface area contributed by atoms with Gasteiger partial charge in [0.05, 0.1) is 18.8 Å². The molecule has 3 aromatic rings. The van der Waals surface area contributed by atoms with Crippen molar-refractivity contribution in [2.75, 3.05) is 19.8 Å². The standard InChI is InChI=1S/C33H35F4NO3/c1-23-24(12-9-13-28(23)25-10-3-2-4-11-25)15-16-26-21-31(41-19-8-6-17-34)27(20-29(26)33(35,36)37)22-38-18-7-5-14-30(38)32(39)40/h2-4,9-13,15-16,20-21,30H,5-8,14,17-19,22H2,1H3,(H,39,40). The fourth-order valence-corrected chi connectivity index (χ4v) is 5.28. The third kappa shape index (κ3) is 7.76. The smallest absolute Gasteiger partial charge is 0.417 e. The van der Waals surface area contributed by atoms with Gasteiger partial charge >= 0.3 is 12.1 Å². The van der Waals surface area contributed by atoms with E-state index in [-0.39, 0.29) is 36.4 Å². The van der Waals surface area contributed by atoms with Gasteiger partial charge in [-0.25, -0.2) is 0 Å². The topological polar surface area (TPSA) is 49.8 Å². The van der Waals surface area contributed by atoms with Crippen LogP contribution in [0.15, 0.2) is 60.7 Å². The molecule has 1 unspecified atom stereocenters. The number of piperidine rings is 1. The fourth-order valence-electron chi connectivity index (χ4n) is 5.28. The predicted molar refractivity (Wildman–Crippen MR) is 153 cm³/mol. The van der Waals surface area contributed by atoms with Crippen molar-refractivity contribution < 1.29 is 32.2 Å². The molecule has 1 heterocycles. The monoisotopic (exact) mass is 569 g/mol. The number of carbonyl (C=O) groups is 1. The van der Waals surface area contributed by atoms with Gasteiger partial charge in [0.2, 0.25) is 0 Å². The summed E-state index contributed by atoms with van der Waals surface area (Å²) in [5.74, 6) is -0.736. The quantitative estimate of drug-likeness (QED) is 0.143. The van der Waals surface area contributed by atoms with Gasteiger partial charge in [-0.1, -0.05) is 67.1 Å². The molecule has 0 saturated carbocycles. The Labute approximate surface area is 238 Å². The van der Waals surface area contributed by atoms with E-state index < -0.39 is 30.4 Å². The van der Waals surface area contributed by atoms with E-state index in [1.807, 2.05) is 55.5 Å². The van der Waals surface area contributed by atoms with Crippen LogP contribution in [0.4, 0.5) is 17.6 Å². The zero-order valence-corrected chi connectivity index (χ0v) is 23.1. The number of rotatable bonds is 11. The van der Waals surface area contributed by atoms with Crippen molar-refractivity contribution in [3.05, 3.63) is 88.5 Å². The van der Waals surface area contributed by atoms with Crippen molar-refractivity contribution in [1.29, 1.82) is 0 Å². The highest BCUT2D eigenvalue weighted by Crippen LogP contribution is 2.38. The fraction of sp³-hybridized carbons (Fsp3) is 0.364. The maximum absolute atomic E-state index is 14.4. The van der Waals surface area contributed by atoms with Gasteiger partial charge in [0.15, 0.2) is 0 Å². The van der Waals surface area contributed by atoms with E-state index in [2.05, 4.69) is 0 Å². The average Bonchev–Trinajstić information content (AvgIpc) is 2.95. The Bertz CT molecular complexity index is 1350. The van der Waals surface area contributed by atoms with E-state index in [1.165, 1.54) is 12.1 Å². The summed E-state index contributed by atoms with van der Waals surface area (Å²) in [5.41, 5.74) is 3.12. The first-order valence-corrected chi connectivity index (χ1v) is 13.9. The number of carboxylic acids is 1. The first kappa shape index (κ1) is 30.3. The van der Waals surface area contributed by atoms with Crippen LogP contribution in [-0.2, 0) is 17.5 Å². The second kappa shape index (κ2) is 13.8. The molecular formula is C33H35F4NO3. The van der Waals surface area contributed by atoms with Crippen molar-refractivity contribution in [2.45, 2.75) is 57.8 Å². The van der Waals surface area contributed by atoms with Crippen molar-refractivity contribution in [3.63, 3.8) is 0 Å². The molecule has 1 atom stereocenters. The van der Waals surface area contributed by atoms with E-state index in [0.29, 0.717) is 19.4 Å². The van der Waals surface area contributed by atoms with Crippen LogP contribution in [0.25, 0.3) is 23.3 Å². The molecule has 1 N–H and O–H groups in total. The van der Waals surface area contributed by atoms with Crippen molar-refractivity contribution in [1.82, 2.24) is 4.90 Å². The lowest BCUT2D eigenvalue weighted by Gasteiger charge is -2.33. The number of halogens is 4. The van der Waals surface area contributed by atoms with Gasteiger partial charge in [0.25, 0.3) is 0 Å². The molecule has 1 saturated heterocycles. The number of hydrogen-bond acceptors (Lipinski definition) is 3. The number of hydrogen-bond donors (Lipinski definition) is 1. The second-order valence-corrected chi connectivity index (χ2v) is 10.3. The van der Waals surface area contributed by atoms with E-state index in [0.717, 1.165) is 41.2 Å². The van der Waals surface area contributed by atoms with Gasteiger partial charge < -0.3 is 9.84 Å². The van der Waals surface area contributed by atoms with Crippen LogP contribution in [0.3, 0.4) is 0 Å². The zero-order chi connectivity index (χ0) is 29.4. The van der Waals surface area contributed by atoms with E-state index >= 15 is 0 Å². The lowest BCUT2D eigenvalue weighted by Crippen LogP contribution is -2.44.